The highest BCUT2D eigenvalue weighted by molar-refractivity contribution is 5.95. The molecule has 0 unspecified atom stereocenters. The number of nitrogens with one attached hydrogen (secondary N) is 1. The lowest BCUT2D eigenvalue weighted by molar-refractivity contribution is -0.117. The summed E-state index contributed by atoms with van der Waals surface area (Å²) in [7, 11) is 0. The second kappa shape index (κ2) is 8.65. The Kier molecular flexibility index (Phi) is 6.05. The standard InChI is InChI=1S/C22H26N2O2/c1-2-3-5-17-7-11-19(12-8-17)23-21(25)16-18-9-13-20(14-10-18)24-15-4-6-22(24)26/h7-14H,2-6,15-16H2,1H3,(H,23,25). The molecule has 1 N–H and O–H groups in total. The number of carbonyl (C=O) groups excluding carboxylic acids is 2. The summed E-state index contributed by atoms with van der Waals surface area (Å²) < 4.78 is 0. The molecule has 4 heteroatoms. The summed E-state index contributed by atoms with van der Waals surface area (Å²) in [4.78, 5) is 25.9. The molecule has 2 aromatic rings. The first-order valence-electron chi connectivity index (χ1n) is 9.44. The number of hydrogen-bond acceptors (Lipinski definition) is 2. The zero-order valence-electron chi connectivity index (χ0n) is 15.3. The summed E-state index contributed by atoms with van der Waals surface area (Å²) >= 11 is 0. The number of hydrogen-bond donors (Lipinski definition) is 1. The summed E-state index contributed by atoms with van der Waals surface area (Å²) in [6, 6.07) is 15.8. The first-order valence-corrected chi connectivity index (χ1v) is 9.44. The SMILES string of the molecule is CCCCc1ccc(NC(=O)Cc2ccc(N3CCCC3=O)cc2)cc1. The van der Waals surface area contributed by atoms with E-state index in [1.807, 2.05) is 41.3 Å². The molecule has 1 aliphatic heterocycles. The molecule has 26 heavy (non-hydrogen) atoms. The van der Waals surface area contributed by atoms with Crippen molar-refractivity contribution in [2.75, 3.05) is 16.8 Å². The van der Waals surface area contributed by atoms with Gasteiger partial charge in [0.1, 0.15) is 0 Å². The predicted octanol–water partition coefficient (Wildman–Crippen LogP) is 4.34. The second-order valence-corrected chi connectivity index (χ2v) is 6.84. The van der Waals surface area contributed by atoms with Crippen LogP contribution in [0.3, 0.4) is 0 Å². The van der Waals surface area contributed by atoms with Crippen LogP contribution in [0.15, 0.2) is 48.5 Å². The zero-order chi connectivity index (χ0) is 18.4. The molecule has 1 saturated heterocycles. The average Bonchev–Trinajstić information content (AvgIpc) is 3.08. The van der Waals surface area contributed by atoms with Gasteiger partial charge in [-0.3, -0.25) is 9.59 Å². The van der Waals surface area contributed by atoms with Crippen molar-refractivity contribution >= 4 is 23.2 Å². The first-order chi connectivity index (χ1) is 12.7. The highest BCUT2D eigenvalue weighted by Crippen LogP contribution is 2.22. The lowest BCUT2D eigenvalue weighted by atomic mass is 10.1. The monoisotopic (exact) mass is 350 g/mol. The van der Waals surface area contributed by atoms with Gasteiger partial charge in [0, 0.05) is 24.3 Å². The Bertz CT molecular complexity index is 751. The molecule has 3 rings (SSSR count). The van der Waals surface area contributed by atoms with Crippen LogP contribution in [-0.4, -0.2) is 18.4 Å². The van der Waals surface area contributed by atoms with E-state index in [-0.39, 0.29) is 11.8 Å². The average molecular weight is 350 g/mol. The molecule has 0 radical (unpaired) electrons. The van der Waals surface area contributed by atoms with Gasteiger partial charge in [0.25, 0.3) is 0 Å². The van der Waals surface area contributed by atoms with Gasteiger partial charge in [-0.2, -0.15) is 0 Å². The van der Waals surface area contributed by atoms with Crippen LogP contribution in [-0.2, 0) is 22.4 Å². The highest BCUT2D eigenvalue weighted by atomic mass is 16.2. The maximum Gasteiger partial charge on any atom is 0.228 e. The largest absolute Gasteiger partial charge is 0.326 e. The third kappa shape index (κ3) is 4.72. The quantitative estimate of drug-likeness (QED) is 0.808. The molecule has 136 valence electrons. The molecule has 0 bridgehead atoms. The summed E-state index contributed by atoms with van der Waals surface area (Å²) in [5.41, 5.74) is 3.99. The fraction of sp³-hybridized carbons (Fsp3) is 0.364. The predicted molar refractivity (Wildman–Crippen MR) is 105 cm³/mol. The fourth-order valence-corrected chi connectivity index (χ4v) is 3.24. The highest BCUT2D eigenvalue weighted by Gasteiger charge is 2.21. The number of unbranched alkanes of at least 4 members (excludes halogenated alkanes) is 1. The minimum atomic E-state index is -0.0312. The smallest absolute Gasteiger partial charge is 0.228 e. The van der Waals surface area contributed by atoms with Crippen LogP contribution >= 0.6 is 0 Å². The Labute approximate surface area is 155 Å². The van der Waals surface area contributed by atoms with Gasteiger partial charge in [-0.05, 0) is 54.7 Å². The van der Waals surface area contributed by atoms with Gasteiger partial charge < -0.3 is 10.2 Å². The molecule has 1 aliphatic rings. The summed E-state index contributed by atoms with van der Waals surface area (Å²) in [6.45, 7) is 2.97. The minimum Gasteiger partial charge on any atom is -0.326 e. The van der Waals surface area contributed by atoms with E-state index in [0.29, 0.717) is 12.8 Å². The maximum absolute atomic E-state index is 12.3. The van der Waals surface area contributed by atoms with Crippen molar-refractivity contribution in [3.63, 3.8) is 0 Å². The Morgan fingerprint density at radius 2 is 1.73 bits per heavy atom. The van der Waals surface area contributed by atoms with Gasteiger partial charge in [0.05, 0.1) is 6.42 Å². The van der Waals surface area contributed by atoms with Crippen LogP contribution in [0.2, 0.25) is 0 Å². The van der Waals surface area contributed by atoms with Crippen molar-refractivity contribution in [2.45, 2.75) is 45.4 Å². The number of anilines is 2. The molecule has 0 aliphatic carbocycles. The van der Waals surface area contributed by atoms with E-state index in [1.54, 1.807) is 0 Å². The van der Waals surface area contributed by atoms with E-state index < -0.39 is 0 Å². The van der Waals surface area contributed by atoms with Gasteiger partial charge in [-0.25, -0.2) is 0 Å². The summed E-state index contributed by atoms with van der Waals surface area (Å²) in [6.07, 6.45) is 5.32. The molecule has 1 heterocycles. The van der Waals surface area contributed by atoms with Crippen LogP contribution in [0.25, 0.3) is 0 Å². The third-order valence-electron chi connectivity index (χ3n) is 4.74. The van der Waals surface area contributed by atoms with Crippen molar-refractivity contribution in [3.05, 3.63) is 59.7 Å². The van der Waals surface area contributed by atoms with Gasteiger partial charge >= 0.3 is 0 Å². The van der Waals surface area contributed by atoms with E-state index in [9.17, 15) is 9.59 Å². The molecule has 2 amide bonds. The molecule has 2 aromatic carbocycles. The number of aryl methyl sites for hydroxylation is 1. The van der Waals surface area contributed by atoms with Crippen molar-refractivity contribution < 1.29 is 9.59 Å². The van der Waals surface area contributed by atoms with Crippen LogP contribution in [0, 0.1) is 0 Å². The van der Waals surface area contributed by atoms with Crippen LogP contribution < -0.4 is 10.2 Å². The molecule has 4 nitrogen and oxygen atoms in total. The van der Waals surface area contributed by atoms with Crippen LogP contribution in [0.1, 0.15) is 43.7 Å². The van der Waals surface area contributed by atoms with E-state index in [2.05, 4.69) is 24.4 Å². The number of nitrogens with zero attached hydrogens (tertiary/aromatic N) is 1. The van der Waals surface area contributed by atoms with Crippen molar-refractivity contribution in [2.24, 2.45) is 0 Å². The lowest BCUT2D eigenvalue weighted by Gasteiger charge is -2.15. The number of amides is 2. The summed E-state index contributed by atoms with van der Waals surface area (Å²) in [5.74, 6) is 0.147. The van der Waals surface area contributed by atoms with Gasteiger partial charge in [-0.1, -0.05) is 37.6 Å². The minimum absolute atomic E-state index is 0.0312. The van der Waals surface area contributed by atoms with Gasteiger partial charge in [0.15, 0.2) is 0 Å². The maximum atomic E-state index is 12.3. The second-order valence-electron chi connectivity index (χ2n) is 6.84. The normalized spacial score (nSPS) is 13.9. The summed E-state index contributed by atoms with van der Waals surface area (Å²) in [5, 5.41) is 2.95. The molecule has 1 fully saturated rings. The van der Waals surface area contributed by atoms with Crippen molar-refractivity contribution in [1.29, 1.82) is 0 Å². The number of rotatable bonds is 7. The van der Waals surface area contributed by atoms with Crippen LogP contribution in [0.5, 0.6) is 0 Å². The molecule has 0 spiro atoms. The van der Waals surface area contributed by atoms with Crippen molar-refractivity contribution in [1.82, 2.24) is 0 Å². The Balaban J connectivity index is 1.53. The fourth-order valence-electron chi connectivity index (χ4n) is 3.24. The molecule has 0 saturated carbocycles. The van der Waals surface area contributed by atoms with E-state index in [4.69, 9.17) is 0 Å². The molecule has 0 atom stereocenters. The third-order valence-corrected chi connectivity index (χ3v) is 4.74. The topological polar surface area (TPSA) is 49.4 Å². The Morgan fingerprint density at radius 1 is 1.04 bits per heavy atom. The number of carbonyl (C=O) groups is 2. The van der Waals surface area contributed by atoms with Gasteiger partial charge in [-0.15, -0.1) is 0 Å². The molecular formula is C22H26N2O2. The van der Waals surface area contributed by atoms with E-state index in [0.717, 1.165) is 36.3 Å². The Hall–Kier alpha value is -2.62. The zero-order valence-corrected chi connectivity index (χ0v) is 15.3. The van der Waals surface area contributed by atoms with E-state index >= 15 is 0 Å². The van der Waals surface area contributed by atoms with E-state index in [1.165, 1.54) is 18.4 Å². The van der Waals surface area contributed by atoms with Crippen LogP contribution in [0.4, 0.5) is 11.4 Å². The lowest BCUT2D eigenvalue weighted by Crippen LogP contribution is -2.23. The van der Waals surface area contributed by atoms with Crippen molar-refractivity contribution in [3.8, 4) is 0 Å². The molecular weight excluding hydrogens is 324 g/mol. The Morgan fingerprint density at radius 3 is 2.35 bits per heavy atom. The van der Waals surface area contributed by atoms with Gasteiger partial charge in [0.2, 0.25) is 11.8 Å². The number of benzene rings is 2. The first kappa shape index (κ1) is 18.2. The molecule has 0 aromatic heterocycles.